The molecule has 3 aromatic heterocycles. The molecule has 0 saturated carbocycles. The number of primary amides is 1. The highest BCUT2D eigenvalue weighted by atomic mass is 19.1. The number of amides is 2. The zero-order valence-electron chi connectivity index (χ0n) is 21.2. The number of hydrogen-bond donors (Lipinski definition) is 2. The first-order valence-corrected chi connectivity index (χ1v) is 12.5. The minimum absolute atomic E-state index is 0.0552. The fraction of sp³-hybridized carbons (Fsp3) is 0.321. The van der Waals surface area contributed by atoms with Gasteiger partial charge in [-0.2, -0.15) is 0 Å². The fourth-order valence-corrected chi connectivity index (χ4v) is 5.11. The number of halogens is 1. The average Bonchev–Trinajstić information content (AvgIpc) is 3.45. The quantitative estimate of drug-likeness (QED) is 0.389. The van der Waals surface area contributed by atoms with Crippen molar-refractivity contribution in [1.29, 1.82) is 0 Å². The van der Waals surface area contributed by atoms with E-state index in [0.717, 1.165) is 16.8 Å². The van der Waals surface area contributed by atoms with Gasteiger partial charge in [0.25, 0.3) is 5.91 Å². The van der Waals surface area contributed by atoms with Crippen molar-refractivity contribution >= 4 is 22.7 Å². The second-order valence-electron chi connectivity index (χ2n) is 9.77. The summed E-state index contributed by atoms with van der Waals surface area (Å²) in [5, 5.41) is 11.5. The summed E-state index contributed by atoms with van der Waals surface area (Å²) in [5.41, 5.74) is 9.66. The number of aryl methyl sites for hydroxylation is 2. The monoisotopic (exact) mass is 516 g/mol. The molecule has 0 radical (unpaired) electrons. The highest BCUT2D eigenvalue weighted by molar-refractivity contribution is 6.07. The van der Waals surface area contributed by atoms with E-state index >= 15 is 0 Å². The molecule has 1 fully saturated rings. The third-order valence-electron chi connectivity index (χ3n) is 6.99. The average molecular weight is 517 g/mol. The van der Waals surface area contributed by atoms with Crippen LogP contribution in [0.2, 0.25) is 0 Å². The van der Waals surface area contributed by atoms with E-state index in [-0.39, 0.29) is 37.4 Å². The summed E-state index contributed by atoms with van der Waals surface area (Å²) < 4.78 is 16.1. The molecule has 1 aromatic carbocycles. The molecule has 1 aliphatic rings. The molecule has 0 spiro atoms. The Bertz CT molecular complexity index is 1500. The Kier molecular flexibility index (Phi) is 6.90. The van der Waals surface area contributed by atoms with Gasteiger partial charge in [-0.15, -0.1) is 0 Å². The lowest BCUT2D eigenvalue weighted by atomic mass is 10.0. The molecule has 3 atom stereocenters. The summed E-state index contributed by atoms with van der Waals surface area (Å²) in [7, 11) is 0. The van der Waals surface area contributed by atoms with E-state index in [1.165, 1.54) is 4.90 Å². The molecular weight excluding hydrogens is 487 g/mol. The van der Waals surface area contributed by atoms with Gasteiger partial charge in [-0.05, 0) is 43.7 Å². The van der Waals surface area contributed by atoms with Gasteiger partial charge in [0.05, 0.1) is 24.3 Å². The Morgan fingerprint density at radius 3 is 2.63 bits per heavy atom. The van der Waals surface area contributed by atoms with Gasteiger partial charge in [0, 0.05) is 59.3 Å². The molecule has 10 heteroatoms. The third kappa shape index (κ3) is 5.12. The summed E-state index contributed by atoms with van der Waals surface area (Å²) in [4.78, 5) is 39.9. The van der Waals surface area contributed by atoms with Gasteiger partial charge < -0.3 is 20.3 Å². The zero-order chi connectivity index (χ0) is 27.0. The van der Waals surface area contributed by atoms with Crippen LogP contribution in [-0.2, 0) is 17.8 Å². The number of benzene rings is 1. The van der Waals surface area contributed by atoms with Crippen LogP contribution in [0.15, 0.2) is 55.0 Å². The van der Waals surface area contributed by atoms with E-state index in [2.05, 4.69) is 15.0 Å². The maximum atomic E-state index is 14.5. The lowest BCUT2D eigenvalue weighted by molar-refractivity contribution is -0.134. The van der Waals surface area contributed by atoms with Gasteiger partial charge in [-0.3, -0.25) is 14.6 Å². The van der Waals surface area contributed by atoms with Crippen molar-refractivity contribution in [3.63, 3.8) is 0 Å². The predicted molar refractivity (Wildman–Crippen MR) is 140 cm³/mol. The van der Waals surface area contributed by atoms with E-state index < -0.39 is 24.2 Å². The summed E-state index contributed by atoms with van der Waals surface area (Å²) in [6, 6.07) is 10.3. The van der Waals surface area contributed by atoms with Gasteiger partial charge in [-0.25, -0.2) is 14.4 Å². The molecule has 4 heterocycles. The molecule has 3 N–H and O–H groups in total. The van der Waals surface area contributed by atoms with Crippen LogP contribution >= 0.6 is 0 Å². The number of pyridine rings is 1. The van der Waals surface area contributed by atoms with Gasteiger partial charge in [0.1, 0.15) is 18.5 Å². The number of aliphatic hydroxyl groups is 1. The Labute approximate surface area is 219 Å². The topological polar surface area (TPSA) is 127 Å². The maximum absolute atomic E-state index is 14.5. The van der Waals surface area contributed by atoms with Crippen molar-refractivity contribution in [2.45, 2.75) is 51.6 Å². The Balaban J connectivity index is 1.40. The third-order valence-corrected chi connectivity index (χ3v) is 6.99. The first kappa shape index (κ1) is 25.5. The van der Waals surface area contributed by atoms with Gasteiger partial charge in [-0.1, -0.05) is 12.1 Å². The number of carbonyl (C=O) groups is 2. The first-order chi connectivity index (χ1) is 18.2. The van der Waals surface area contributed by atoms with Crippen LogP contribution in [-0.4, -0.2) is 66.2 Å². The van der Waals surface area contributed by atoms with E-state index in [1.54, 1.807) is 36.1 Å². The number of nitrogens with zero attached hydrogens (tertiary/aromatic N) is 5. The minimum atomic E-state index is -1.23. The Morgan fingerprint density at radius 2 is 1.92 bits per heavy atom. The van der Waals surface area contributed by atoms with Crippen molar-refractivity contribution in [2.75, 3.05) is 6.54 Å². The molecule has 5 rings (SSSR count). The lowest BCUT2D eigenvalue weighted by Gasteiger charge is -2.28. The SMILES string of the molecule is Cc1cccc(C[C@H](O)[C@@H]2C[C@@H](F)CN2C(=O)Cn2cc(C(N)=O)c3cc(-c4cnc(C)nc4)ccc32)n1. The molecule has 1 aliphatic heterocycles. The molecular formula is C28H29FN6O3. The molecule has 9 nitrogen and oxygen atoms in total. The van der Waals surface area contributed by atoms with Crippen molar-refractivity contribution < 1.29 is 19.1 Å². The van der Waals surface area contributed by atoms with Gasteiger partial charge in [0.2, 0.25) is 5.91 Å². The van der Waals surface area contributed by atoms with Gasteiger partial charge >= 0.3 is 0 Å². The number of aromatic nitrogens is 4. The number of alkyl halides is 1. The molecule has 4 aromatic rings. The number of rotatable bonds is 7. The highest BCUT2D eigenvalue weighted by Crippen LogP contribution is 2.29. The van der Waals surface area contributed by atoms with Crippen molar-refractivity contribution in [2.24, 2.45) is 5.73 Å². The zero-order valence-corrected chi connectivity index (χ0v) is 21.2. The maximum Gasteiger partial charge on any atom is 0.250 e. The fourth-order valence-electron chi connectivity index (χ4n) is 5.11. The largest absolute Gasteiger partial charge is 0.391 e. The molecule has 0 unspecified atom stereocenters. The molecule has 196 valence electrons. The number of fused-ring (bicyclic) bond motifs is 1. The Hall–Kier alpha value is -4.18. The van der Waals surface area contributed by atoms with Crippen molar-refractivity contribution in [3.8, 4) is 11.1 Å². The summed E-state index contributed by atoms with van der Waals surface area (Å²) in [6.07, 6.45) is 3.03. The molecule has 38 heavy (non-hydrogen) atoms. The number of nitrogens with two attached hydrogens (primary N) is 1. The molecule has 1 saturated heterocycles. The number of aliphatic hydroxyl groups excluding tert-OH is 1. The standard InChI is InChI=1S/C28H29FN6O3/c1-16-4-3-5-21(33-16)10-26(36)25-9-20(29)13-35(25)27(37)15-34-14-23(28(30)38)22-8-18(6-7-24(22)34)19-11-31-17(2)32-12-19/h3-8,11-12,14,20,25-26,36H,9-10,13,15H2,1-2H3,(H2,30,38)/t20-,25+,26+/m1/s1. The number of hydrogen-bond acceptors (Lipinski definition) is 6. The summed E-state index contributed by atoms with van der Waals surface area (Å²) >= 11 is 0. The van der Waals surface area contributed by atoms with Crippen LogP contribution in [0.4, 0.5) is 4.39 Å². The normalized spacial score (nSPS) is 18.2. The minimum Gasteiger partial charge on any atom is -0.391 e. The van der Waals surface area contributed by atoms with Crippen molar-refractivity contribution in [1.82, 2.24) is 24.4 Å². The highest BCUT2D eigenvalue weighted by Gasteiger charge is 2.39. The number of carbonyl (C=O) groups excluding carboxylic acids is 2. The summed E-state index contributed by atoms with van der Waals surface area (Å²) in [6.45, 7) is 3.43. The van der Waals surface area contributed by atoms with E-state index in [9.17, 15) is 19.1 Å². The van der Waals surface area contributed by atoms with Crippen molar-refractivity contribution in [3.05, 3.63) is 77.8 Å². The van der Waals surface area contributed by atoms with Crippen LogP contribution in [0.1, 0.15) is 34.0 Å². The van der Waals surface area contributed by atoms with Crippen LogP contribution in [0.5, 0.6) is 0 Å². The van der Waals surface area contributed by atoms with E-state index in [4.69, 9.17) is 5.73 Å². The molecule has 0 aliphatic carbocycles. The van der Waals surface area contributed by atoms with Crippen LogP contribution in [0, 0.1) is 13.8 Å². The lowest BCUT2D eigenvalue weighted by Crippen LogP contribution is -2.45. The second kappa shape index (κ2) is 10.3. The van der Waals surface area contributed by atoms with Crippen LogP contribution in [0.3, 0.4) is 0 Å². The first-order valence-electron chi connectivity index (χ1n) is 12.5. The Morgan fingerprint density at radius 1 is 1.16 bits per heavy atom. The van der Waals surface area contributed by atoms with Crippen LogP contribution in [0.25, 0.3) is 22.0 Å². The predicted octanol–water partition coefficient (Wildman–Crippen LogP) is 2.75. The molecule has 2 amide bonds. The number of likely N-dealkylation sites (tertiary alicyclic amines) is 1. The van der Waals surface area contributed by atoms with E-state index in [1.807, 2.05) is 37.3 Å². The molecule has 0 bridgehead atoms. The summed E-state index contributed by atoms with van der Waals surface area (Å²) in [5.74, 6) is -0.328. The van der Waals surface area contributed by atoms with E-state index in [0.29, 0.717) is 22.4 Å². The van der Waals surface area contributed by atoms with Crippen LogP contribution < -0.4 is 5.73 Å². The smallest absolute Gasteiger partial charge is 0.250 e. The van der Waals surface area contributed by atoms with Gasteiger partial charge in [0.15, 0.2) is 0 Å². The second-order valence-corrected chi connectivity index (χ2v) is 9.77.